The van der Waals surface area contributed by atoms with Crippen molar-refractivity contribution in [1.82, 2.24) is 15.1 Å². The van der Waals surface area contributed by atoms with Crippen molar-refractivity contribution < 1.29 is 14.4 Å². The molecular weight excluding hydrogens is 198 g/mol. The molecule has 15 heavy (non-hydrogen) atoms. The van der Waals surface area contributed by atoms with Crippen molar-refractivity contribution in [2.24, 2.45) is 0 Å². The van der Waals surface area contributed by atoms with E-state index in [2.05, 4.69) is 5.32 Å². The summed E-state index contributed by atoms with van der Waals surface area (Å²) in [5, 5.41) is 2.67. The van der Waals surface area contributed by atoms with Crippen molar-refractivity contribution in [2.75, 3.05) is 33.2 Å². The minimum Gasteiger partial charge on any atom is -0.344 e. The Kier molecular flexibility index (Phi) is 3.79. The molecular formula is C9H15N3O3. The SMILES string of the molecule is CCN(C)C(=O)CN1C(=O)CNCC1=O. The summed E-state index contributed by atoms with van der Waals surface area (Å²) in [5.74, 6) is -0.908. The normalized spacial score (nSPS) is 16.8. The fraction of sp³-hybridized carbons (Fsp3) is 0.667. The summed E-state index contributed by atoms with van der Waals surface area (Å²) in [7, 11) is 1.64. The van der Waals surface area contributed by atoms with Crippen LogP contribution >= 0.6 is 0 Å². The van der Waals surface area contributed by atoms with Crippen LogP contribution in [0, 0.1) is 0 Å². The maximum atomic E-state index is 11.5. The topological polar surface area (TPSA) is 69.7 Å². The van der Waals surface area contributed by atoms with Crippen LogP contribution in [0.4, 0.5) is 0 Å². The van der Waals surface area contributed by atoms with Crippen molar-refractivity contribution in [1.29, 1.82) is 0 Å². The first-order valence-electron chi connectivity index (χ1n) is 4.84. The smallest absolute Gasteiger partial charge is 0.243 e. The lowest BCUT2D eigenvalue weighted by atomic mass is 10.3. The number of nitrogens with one attached hydrogen (secondary N) is 1. The van der Waals surface area contributed by atoms with Crippen LogP contribution in [0.25, 0.3) is 0 Å². The van der Waals surface area contributed by atoms with Gasteiger partial charge in [-0.05, 0) is 6.92 Å². The number of carbonyl (C=O) groups is 3. The van der Waals surface area contributed by atoms with Gasteiger partial charge in [0.15, 0.2) is 0 Å². The van der Waals surface area contributed by atoms with Crippen LogP contribution in [0.15, 0.2) is 0 Å². The zero-order valence-corrected chi connectivity index (χ0v) is 8.95. The lowest BCUT2D eigenvalue weighted by molar-refractivity contribution is -0.151. The van der Waals surface area contributed by atoms with E-state index < -0.39 is 0 Å². The Morgan fingerprint density at radius 1 is 1.40 bits per heavy atom. The first-order chi connectivity index (χ1) is 7.06. The highest BCUT2D eigenvalue weighted by Gasteiger charge is 2.27. The number of carbonyl (C=O) groups excluding carboxylic acids is 3. The molecule has 1 aliphatic heterocycles. The van der Waals surface area contributed by atoms with Crippen molar-refractivity contribution >= 4 is 17.7 Å². The van der Waals surface area contributed by atoms with Gasteiger partial charge in [-0.1, -0.05) is 0 Å². The quantitative estimate of drug-likeness (QED) is 0.575. The molecule has 1 heterocycles. The molecule has 0 atom stereocenters. The van der Waals surface area contributed by atoms with Crippen LogP contribution in [0.2, 0.25) is 0 Å². The van der Waals surface area contributed by atoms with Gasteiger partial charge < -0.3 is 4.90 Å². The molecule has 0 bridgehead atoms. The molecule has 0 radical (unpaired) electrons. The van der Waals surface area contributed by atoms with Crippen molar-refractivity contribution in [2.45, 2.75) is 6.92 Å². The highest BCUT2D eigenvalue weighted by atomic mass is 16.2. The van der Waals surface area contributed by atoms with Gasteiger partial charge in [-0.2, -0.15) is 0 Å². The third-order valence-corrected chi connectivity index (χ3v) is 2.35. The Morgan fingerprint density at radius 2 is 1.93 bits per heavy atom. The van der Waals surface area contributed by atoms with Gasteiger partial charge in [0, 0.05) is 13.6 Å². The molecule has 3 amide bonds. The van der Waals surface area contributed by atoms with Gasteiger partial charge in [-0.3, -0.25) is 24.6 Å². The summed E-state index contributed by atoms with van der Waals surface area (Å²) in [5.41, 5.74) is 0. The minimum absolute atomic E-state index is 0.120. The number of nitrogens with zero attached hydrogens (tertiary/aromatic N) is 2. The summed E-state index contributed by atoms with van der Waals surface area (Å²) in [6.45, 7) is 2.49. The van der Waals surface area contributed by atoms with E-state index in [1.54, 1.807) is 7.05 Å². The Hall–Kier alpha value is -1.43. The van der Waals surface area contributed by atoms with Gasteiger partial charge >= 0.3 is 0 Å². The molecule has 0 unspecified atom stereocenters. The molecule has 84 valence electrons. The second-order valence-corrected chi connectivity index (χ2v) is 3.39. The second-order valence-electron chi connectivity index (χ2n) is 3.39. The maximum absolute atomic E-state index is 11.5. The van der Waals surface area contributed by atoms with Gasteiger partial charge in [-0.15, -0.1) is 0 Å². The molecule has 0 aromatic heterocycles. The zero-order valence-electron chi connectivity index (χ0n) is 8.95. The fourth-order valence-corrected chi connectivity index (χ4v) is 1.21. The van der Waals surface area contributed by atoms with Crippen LogP contribution in [0.3, 0.4) is 0 Å². The monoisotopic (exact) mass is 213 g/mol. The minimum atomic E-state index is -0.343. The van der Waals surface area contributed by atoms with E-state index in [0.29, 0.717) is 6.54 Å². The number of hydrogen-bond acceptors (Lipinski definition) is 4. The van der Waals surface area contributed by atoms with Gasteiger partial charge in [0.05, 0.1) is 13.1 Å². The van der Waals surface area contributed by atoms with Gasteiger partial charge in [0.25, 0.3) is 0 Å². The summed E-state index contributed by atoms with van der Waals surface area (Å²) < 4.78 is 0. The van der Waals surface area contributed by atoms with Crippen molar-refractivity contribution in [3.05, 3.63) is 0 Å². The number of rotatable bonds is 3. The summed E-state index contributed by atoms with van der Waals surface area (Å²) in [4.78, 5) is 36.6. The summed E-state index contributed by atoms with van der Waals surface area (Å²) in [6.07, 6.45) is 0. The van der Waals surface area contributed by atoms with E-state index in [0.717, 1.165) is 4.90 Å². The van der Waals surface area contributed by atoms with E-state index >= 15 is 0 Å². The number of piperazine rings is 1. The van der Waals surface area contributed by atoms with E-state index in [1.165, 1.54) is 4.90 Å². The third-order valence-electron chi connectivity index (χ3n) is 2.35. The molecule has 1 saturated heterocycles. The maximum Gasteiger partial charge on any atom is 0.243 e. The first-order valence-corrected chi connectivity index (χ1v) is 4.84. The highest BCUT2D eigenvalue weighted by molar-refractivity contribution is 6.02. The Labute approximate surface area is 88.2 Å². The molecule has 1 fully saturated rings. The zero-order chi connectivity index (χ0) is 11.4. The lowest BCUT2D eigenvalue weighted by Gasteiger charge is -2.26. The molecule has 1 rings (SSSR count). The van der Waals surface area contributed by atoms with Gasteiger partial charge in [0.2, 0.25) is 17.7 Å². The number of imide groups is 1. The molecule has 1 N–H and O–H groups in total. The van der Waals surface area contributed by atoms with Crippen LogP contribution in [-0.2, 0) is 14.4 Å². The Balaban J connectivity index is 2.59. The van der Waals surface area contributed by atoms with Crippen LogP contribution in [0.5, 0.6) is 0 Å². The van der Waals surface area contributed by atoms with Crippen LogP contribution in [-0.4, -0.2) is 60.7 Å². The summed E-state index contributed by atoms with van der Waals surface area (Å²) >= 11 is 0. The Morgan fingerprint density at radius 3 is 2.40 bits per heavy atom. The third kappa shape index (κ3) is 2.76. The Bertz CT molecular complexity index is 274. The molecule has 6 nitrogen and oxygen atoms in total. The summed E-state index contributed by atoms with van der Waals surface area (Å²) in [6, 6.07) is 0. The second kappa shape index (κ2) is 4.88. The number of hydrogen-bond donors (Lipinski definition) is 1. The van der Waals surface area contributed by atoms with E-state index in [1.807, 2.05) is 6.92 Å². The van der Waals surface area contributed by atoms with E-state index in [9.17, 15) is 14.4 Å². The molecule has 6 heteroatoms. The standard InChI is InChI=1S/C9H15N3O3/c1-3-11(2)9(15)6-12-7(13)4-10-5-8(12)14/h10H,3-6H2,1-2H3. The molecule has 1 aliphatic rings. The van der Waals surface area contributed by atoms with Crippen molar-refractivity contribution in [3.63, 3.8) is 0 Å². The van der Waals surface area contributed by atoms with E-state index in [4.69, 9.17) is 0 Å². The molecule has 0 aliphatic carbocycles. The predicted octanol–water partition coefficient (Wildman–Crippen LogP) is -1.58. The van der Waals surface area contributed by atoms with E-state index in [-0.39, 0.29) is 37.4 Å². The molecule has 0 spiro atoms. The van der Waals surface area contributed by atoms with Gasteiger partial charge in [-0.25, -0.2) is 0 Å². The van der Waals surface area contributed by atoms with Gasteiger partial charge in [0.1, 0.15) is 6.54 Å². The predicted molar refractivity (Wildman–Crippen MR) is 52.9 cm³/mol. The van der Waals surface area contributed by atoms with Crippen molar-refractivity contribution in [3.8, 4) is 0 Å². The first kappa shape index (κ1) is 11.6. The molecule has 0 saturated carbocycles. The average Bonchev–Trinajstić information content (AvgIpc) is 2.22. The average molecular weight is 213 g/mol. The largest absolute Gasteiger partial charge is 0.344 e. The number of likely N-dealkylation sites (N-methyl/N-ethyl adjacent to an activating group) is 1. The fourth-order valence-electron chi connectivity index (χ4n) is 1.21. The molecule has 0 aromatic rings. The highest BCUT2D eigenvalue weighted by Crippen LogP contribution is 1.98. The number of amides is 3. The van der Waals surface area contributed by atoms with Crippen LogP contribution < -0.4 is 5.32 Å². The van der Waals surface area contributed by atoms with Crippen LogP contribution in [0.1, 0.15) is 6.92 Å². The lowest BCUT2D eigenvalue weighted by Crippen LogP contribution is -2.54. The molecule has 0 aromatic carbocycles.